The standard InChI is InChI=1S/C4H6FNO3S3/c5-3(7)2(6-10)1-11-12-4(8)9/h2,6,10H,1H2,(H,8,9). The van der Waals surface area contributed by atoms with E-state index in [2.05, 4.69) is 17.5 Å². The molecule has 8 heteroatoms. The van der Waals surface area contributed by atoms with Gasteiger partial charge in [0.2, 0.25) is 0 Å². The highest BCUT2D eigenvalue weighted by Gasteiger charge is 2.16. The van der Waals surface area contributed by atoms with Gasteiger partial charge in [0.15, 0.2) is 0 Å². The number of hydrogen-bond acceptors (Lipinski definition) is 6. The Morgan fingerprint density at radius 2 is 2.25 bits per heavy atom. The number of hydrogen-bond donors (Lipinski definition) is 3. The van der Waals surface area contributed by atoms with Gasteiger partial charge in [0, 0.05) is 16.5 Å². The van der Waals surface area contributed by atoms with E-state index in [-0.39, 0.29) is 5.75 Å². The molecular weight excluding hydrogens is 225 g/mol. The summed E-state index contributed by atoms with van der Waals surface area (Å²) in [6, 6.07) is -2.60. The fraction of sp³-hybridized carbons (Fsp3) is 0.500. The fourth-order valence-electron chi connectivity index (χ4n) is 0.306. The molecule has 0 spiro atoms. The molecule has 1 unspecified atom stereocenters. The van der Waals surface area contributed by atoms with E-state index >= 15 is 0 Å². The quantitative estimate of drug-likeness (QED) is 0.377. The van der Waals surface area contributed by atoms with Gasteiger partial charge in [0.05, 0.1) is 0 Å². The third-order valence-corrected chi connectivity index (χ3v) is 3.03. The molecule has 0 fully saturated rings. The van der Waals surface area contributed by atoms with Crippen molar-refractivity contribution in [2.24, 2.45) is 0 Å². The number of halogens is 1. The maximum Gasteiger partial charge on any atom is 0.375 e. The van der Waals surface area contributed by atoms with Crippen molar-refractivity contribution in [2.45, 2.75) is 6.04 Å². The van der Waals surface area contributed by atoms with Crippen LogP contribution in [-0.2, 0) is 4.79 Å². The average molecular weight is 231 g/mol. The van der Waals surface area contributed by atoms with Crippen LogP contribution < -0.4 is 4.72 Å². The monoisotopic (exact) mass is 231 g/mol. The second-order valence-corrected chi connectivity index (χ2v) is 4.17. The van der Waals surface area contributed by atoms with Gasteiger partial charge in [-0.15, -0.1) is 0 Å². The molecule has 0 radical (unpaired) electrons. The molecule has 4 nitrogen and oxygen atoms in total. The van der Waals surface area contributed by atoms with Crippen LogP contribution in [0.25, 0.3) is 0 Å². The van der Waals surface area contributed by atoms with Crippen LogP contribution in [0, 0.1) is 0 Å². The van der Waals surface area contributed by atoms with Crippen LogP contribution in [0.1, 0.15) is 0 Å². The molecule has 0 heterocycles. The number of carbonyl (C=O) groups excluding carboxylic acids is 1. The summed E-state index contributed by atoms with van der Waals surface area (Å²) < 4.78 is 14.1. The van der Waals surface area contributed by atoms with Crippen molar-refractivity contribution in [1.82, 2.24) is 4.72 Å². The highest BCUT2D eigenvalue weighted by atomic mass is 33.1. The first-order chi connectivity index (χ1) is 5.57. The van der Waals surface area contributed by atoms with Gasteiger partial charge in [-0.3, -0.25) is 9.52 Å². The Labute approximate surface area is 81.6 Å². The van der Waals surface area contributed by atoms with Gasteiger partial charge in [0.25, 0.3) is 0 Å². The van der Waals surface area contributed by atoms with Crippen molar-refractivity contribution in [3.05, 3.63) is 0 Å². The van der Waals surface area contributed by atoms with Gasteiger partial charge >= 0.3 is 11.3 Å². The Morgan fingerprint density at radius 1 is 1.67 bits per heavy atom. The van der Waals surface area contributed by atoms with Crippen LogP contribution in [0.2, 0.25) is 0 Å². The normalized spacial score (nSPS) is 12.5. The zero-order valence-electron chi connectivity index (χ0n) is 5.69. The molecule has 12 heavy (non-hydrogen) atoms. The maximum atomic E-state index is 12.0. The van der Waals surface area contributed by atoms with Crippen molar-refractivity contribution < 1.29 is 19.1 Å². The molecule has 0 aliphatic heterocycles. The van der Waals surface area contributed by atoms with E-state index < -0.39 is 17.4 Å². The van der Waals surface area contributed by atoms with Crippen molar-refractivity contribution in [3.8, 4) is 0 Å². The van der Waals surface area contributed by atoms with Gasteiger partial charge in [-0.1, -0.05) is 23.6 Å². The lowest BCUT2D eigenvalue weighted by Gasteiger charge is -2.06. The Morgan fingerprint density at radius 3 is 2.58 bits per heavy atom. The van der Waals surface area contributed by atoms with E-state index in [9.17, 15) is 14.0 Å². The van der Waals surface area contributed by atoms with Gasteiger partial charge in [0.1, 0.15) is 6.04 Å². The predicted molar refractivity (Wildman–Crippen MR) is 50.1 cm³/mol. The summed E-state index contributed by atoms with van der Waals surface area (Å²) in [7, 11) is 1.40. The van der Waals surface area contributed by atoms with Crippen LogP contribution in [0.15, 0.2) is 0 Å². The molecule has 1 atom stereocenters. The summed E-state index contributed by atoms with van der Waals surface area (Å²) in [6.45, 7) is 0. The highest BCUT2D eigenvalue weighted by Crippen LogP contribution is 2.22. The minimum absolute atomic E-state index is 0.0236. The lowest BCUT2D eigenvalue weighted by atomic mass is 10.4. The van der Waals surface area contributed by atoms with E-state index in [1.54, 1.807) is 0 Å². The third kappa shape index (κ3) is 5.70. The smallest absolute Gasteiger partial charge is 0.375 e. The molecule has 0 bridgehead atoms. The second-order valence-electron chi connectivity index (χ2n) is 1.62. The summed E-state index contributed by atoms with van der Waals surface area (Å²) in [4.78, 5) is 20.1. The molecule has 2 N–H and O–H groups in total. The summed E-state index contributed by atoms with van der Waals surface area (Å²) in [5, 5.41) is 7.08. The summed E-state index contributed by atoms with van der Waals surface area (Å²) >= 11 is 3.50. The number of thiol groups is 1. The fourth-order valence-corrected chi connectivity index (χ4v) is 2.06. The zero-order valence-corrected chi connectivity index (χ0v) is 8.22. The number of carbonyl (C=O) groups is 2. The summed E-state index contributed by atoms with van der Waals surface area (Å²) in [5.41, 5.74) is 0. The molecule has 70 valence electrons. The highest BCUT2D eigenvalue weighted by molar-refractivity contribution is 8.82. The van der Waals surface area contributed by atoms with Crippen LogP contribution >= 0.6 is 34.4 Å². The molecule has 0 amide bonds. The molecule has 0 aromatic rings. The molecule has 0 aliphatic rings. The maximum absolute atomic E-state index is 12.0. The number of rotatable bonds is 5. The summed E-state index contributed by atoms with van der Waals surface area (Å²) in [6.07, 6.45) is 0. The van der Waals surface area contributed by atoms with E-state index in [0.29, 0.717) is 10.8 Å². The zero-order chi connectivity index (χ0) is 9.56. The van der Waals surface area contributed by atoms with Gasteiger partial charge in [-0.2, -0.15) is 4.39 Å². The summed E-state index contributed by atoms with van der Waals surface area (Å²) in [5.74, 6) is 0.0236. The molecule has 0 rings (SSSR count). The third-order valence-electron chi connectivity index (χ3n) is 0.795. The SMILES string of the molecule is O=C(O)SSCC(NS)C(=O)F. The van der Waals surface area contributed by atoms with Crippen LogP contribution in [0.4, 0.5) is 9.18 Å². The molecule has 0 aromatic heterocycles. The largest absolute Gasteiger partial charge is 0.473 e. The Hall–Kier alpha value is 0.0800. The number of carboxylic acid groups (broad SMARTS) is 1. The molecule has 0 saturated heterocycles. The van der Waals surface area contributed by atoms with Crippen molar-refractivity contribution in [3.63, 3.8) is 0 Å². The van der Waals surface area contributed by atoms with Gasteiger partial charge < -0.3 is 5.11 Å². The van der Waals surface area contributed by atoms with E-state index in [4.69, 9.17) is 5.11 Å². The predicted octanol–water partition coefficient (Wildman–Crippen LogP) is 1.34. The van der Waals surface area contributed by atoms with E-state index in [1.165, 1.54) is 0 Å². The van der Waals surface area contributed by atoms with Gasteiger partial charge in [-0.25, -0.2) is 4.79 Å². The first-order valence-corrected chi connectivity index (χ1v) is 5.46. The molecule has 0 saturated carbocycles. The molecule has 0 aliphatic carbocycles. The van der Waals surface area contributed by atoms with Crippen LogP contribution in [0.5, 0.6) is 0 Å². The second kappa shape index (κ2) is 6.58. The van der Waals surface area contributed by atoms with E-state index in [0.717, 1.165) is 10.8 Å². The first kappa shape index (κ1) is 12.1. The lowest BCUT2D eigenvalue weighted by molar-refractivity contribution is -0.130. The minimum atomic E-state index is -1.55. The Bertz CT molecular complexity index is 179. The Balaban J connectivity index is 3.59. The number of nitrogens with one attached hydrogen (secondary N) is 1. The van der Waals surface area contributed by atoms with Crippen molar-refractivity contribution in [2.75, 3.05) is 5.75 Å². The van der Waals surface area contributed by atoms with Crippen LogP contribution in [0.3, 0.4) is 0 Å². The van der Waals surface area contributed by atoms with Crippen molar-refractivity contribution in [1.29, 1.82) is 0 Å². The Kier molecular flexibility index (Phi) is 6.62. The lowest BCUT2D eigenvalue weighted by Crippen LogP contribution is -2.30. The minimum Gasteiger partial charge on any atom is -0.473 e. The average Bonchev–Trinajstić information content (AvgIpc) is 1.96. The molecule has 0 aromatic carbocycles. The van der Waals surface area contributed by atoms with E-state index in [1.807, 2.05) is 0 Å². The first-order valence-electron chi connectivity index (χ1n) is 2.69. The topological polar surface area (TPSA) is 66.4 Å². The van der Waals surface area contributed by atoms with Crippen molar-refractivity contribution >= 4 is 45.7 Å². The van der Waals surface area contributed by atoms with Gasteiger partial charge in [-0.05, 0) is 0 Å². The van der Waals surface area contributed by atoms with Crippen LogP contribution in [-0.4, -0.2) is 28.2 Å². The molecular formula is C4H6FNO3S3.